The zero-order valence-corrected chi connectivity index (χ0v) is 34.3. The number of aryl methyl sites for hydroxylation is 1. The van der Waals surface area contributed by atoms with Crippen LogP contribution in [0.2, 0.25) is 0 Å². The summed E-state index contributed by atoms with van der Waals surface area (Å²) in [6.07, 6.45) is 4.42. The summed E-state index contributed by atoms with van der Waals surface area (Å²) in [5, 5.41) is 8.67. The summed E-state index contributed by atoms with van der Waals surface area (Å²) in [5.41, 5.74) is 3.14. The number of nitrogens with one attached hydrogen (secondary N) is 2. The molecular weight excluding hydrogens is 731 g/mol. The molecular formula is C43H57N5O7S. The molecule has 2 N–H and O–H groups in total. The molecule has 13 heteroatoms. The van der Waals surface area contributed by atoms with E-state index >= 15 is 0 Å². The van der Waals surface area contributed by atoms with E-state index in [4.69, 9.17) is 9.47 Å². The highest BCUT2D eigenvalue weighted by atomic mass is 32.1. The quantitative estimate of drug-likeness (QED) is 0.171. The average Bonchev–Trinajstić information content (AvgIpc) is 3.70. The van der Waals surface area contributed by atoms with Gasteiger partial charge in [0.25, 0.3) is 5.91 Å². The summed E-state index contributed by atoms with van der Waals surface area (Å²) in [6.45, 7) is 8.61. The second-order valence-electron chi connectivity index (χ2n) is 15.4. The molecule has 0 bridgehead atoms. The van der Waals surface area contributed by atoms with E-state index < -0.39 is 24.1 Å². The molecule has 6 atom stereocenters. The van der Waals surface area contributed by atoms with Crippen molar-refractivity contribution in [3.8, 4) is 0 Å². The highest BCUT2D eigenvalue weighted by molar-refractivity contribution is 7.09. The number of piperidine rings is 1. The third kappa shape index (κ3) is 10.5. The van der Waals surface area contributed by atoms with Crippen molar-refractivity contribution in [1.29, 1.82) is 0 Å². The lowest BCUT2D eigenvalue weighted by Crippen LogP contribution is -2.59. The monoisotopic (exact) mass is 787 g/mol. The van der Waals surface area contributed by atoms with Gasteiger partial charge in [0.05, 0.1) is 18.0 Å². The number of likely N-dealkylation sites (tertiary alicyclic amines) is 1. The van der Waals surface area contributed by atoms with Crippen molar-refractivity contribution in [3.05, 3.63) is 87.4 Å². The van der Waals surface area contributed by atoms with Crippen molar-refractivity contribution in [2.24, 2.45) is 11.8 Å². The molecule has 4 amide bonds. The topological polar surface area (TPSA) is 147 Å². The van der Waals surface area contributed by atoms with Crippen molar-refractivity contribution in [2.45, 2.75) is 116 Å². The van der Waals surface area contributed by atoms with Crippen LogP contribution in [0.1, 0.15) is 104 Å². The second-order valence-corrected chi connectivity index (χ2v) is 16.4. The van der Waals surface area contributed by atoms with Gasteiger partial charge in [-0.1, -0.05) is 88.7 Å². The number of ether oxygens (including phenoxy) is 2. The first-order valence-corrected chi connectivity index (χ1v) is 20.7. The van der Waals surface area contributed by atoms with Crippen molar-refractivity contribution in [2.75, 3.05) is 20.7 Å². The van der Waals surface area contributed by atoms with E-state index in [1.807, 2.05) is 68.4 Å². The number of aromatic nitrogens is 1. The Labute approximate surface area is 334 Å². The number of esters is 1. The lowest BCUT2D eigenvalue weighted by Gasteiger charge is -2.38. The zero-order valence-electron chi connectivity index (χ0n) is 33.5. The Morgan fingerprint density at radius 3 is 2.46 bits per heavy atom. The maximum absolute atomic E-state index is 14.2. The minimum Gasteiger partial charge on any atom is -0.469 e. The van der Waals surface area contributed by atoms with Gasteiger partial charge in [0, 0.05) is 37.5 Å². The average molecular weight is 788 g/mol. The number of methoxy groups -OCH3 is 1. The van der Waals surface area contributed by atoms with E-state index in [0.29, 0.717) is 50.8 Å². The summed E-state index contributed by atoms with van der Waals surface area (Å²) < 4.78 is 10.7. The Bertz CT molecular complexity index is 1820. The van der Waals surface area contributed by atoms with Gasteiger partial charge in [-0.05, 0) is 67.1 Å². The van der Waals surface area contributed by atoms with Crippen LogP contribution in [0.4, 0.5) is 4.79 Å². The largest absolute Gasteiger partial charge is 0.469 e. The van der Waals surface area contributed by atoms with Crippen LogP contribution in [0.3, 0.4) is 0 Å². The molecule has 0 unspecified atom stereocenters. The van der Waals surface area contributed by atoms with E-state index in [1.54, 1.807) is 17.3 Å². The number of rotatable bonds is 15. The van der Waals surface area contributed by atoms with Crippen molar-refractivity contribution in [1.82, 2.24) is 25.4 Å². The van der Waals surface area contributed by atoms with Crippen LogP contribution in [0.5, 0.6) is 0 Å². The van der Waals surface area contributed by atoms with Crippen LogP contribution < -0.4 is 10.6 Å². The number of amides is 4. The minimum absolute atomic E-state index is 0.102. The maximum atomic E-state index is 14.2. The third-order valence-corrected chi connectivity index (χ3v) is 12.2. The number of thiazole rings is 1. The van der Waals surface area contributed by atoms with Crippen LogP contribution in [-0.2, 0) is 43.3 Å². The van der Waals surface area contributed by atoms with Crippen LogP contribution in [-0.4, -0.2) is 89.4 Å². The van der Waals surface area contributed by atoms with E-state index in [9.17, 15) is 24.0 Å². The highest BCUT2D eigenvalue weighted by Gasteiger charge is 2.38. The van der Waals surface area contributed by atoms with Gasteiger partial charge < -0.3 is 25.0 Å². The molecule has 12 nitrogen and oxygen atoms in total. The van der Waals surface area contributed by atoms with Gasteiger partial charge in [-0.15, -0.1) is 11.3 Å². The van der Waals surface area contributed by atoms with E-state index in [1.165, 1.54) is 23.3 Å². The van der Waals surface area contributed by atoms with Gasteiger partial charge in [0.1, 0.15) is 24.4 Å². The van der Waals surface area contributed by atoms with Crippen LogP contribution in [0.15, 0.2) is 60.0 Å². The summed E-state index contributed by atoms with van der Waals surface area (Å²) >= 11 is 1.41. The molecule has 2 heterocycles. The summed E-state index contributed by atoms with van der Waals surface area (Å²) in [6, 6.07) is 15.3. The van der Waals surface area contributed by atoms with Gasteiger partial charge >= 0.3 is 12.1 Å². The van der Waals surface area contributed by atoms with E-state index in [0.717, 1.165) is 34.5 Å². The number of likely N-dealkylation sites (N-methyl/N-ethyl adjacent to an activating group) is 1. The number of hydrogen-bond donors (Lipinski definition) is 2. The molecule has 1 saturated heterocycles. The number of fused-ring (bicyclic) bond motifs is 1. The summed E-state index contributed by atoms with van der Waals surface area (Å²) in [7, 11) is 3.16. The number of hydrogen-bond acceptors (Lipinski definition) is 9. The molecule has 1 aliphatic carbocycles. The van der Waals surface area contributed by atoms with Crippen LogP contribution >= 0.6 is 11.3 Å². The van der Waals surface area contributed by atoms with Crippen LogP contribution in [0, 0.1) is 11.8 Å². The fourth-order valence-corrected chi connectivity index (χ4v) is 8.67. The Hall–Kier alpha value is -4.78. The molecule has 2 aromatic carbocycles. The first-order chi connectivity index (χ1) is 26.9. The lowest BCUT2D eigenvalue weighted by molar-refractivity contribution is -0.143. The SMILES string of the molecule is CC[C@H](C)[C@H](NC(=O)[C@H]1CCCCN1C(=O)OCc1ccccc1)C(=O)N(C)[C@H](CCc1nc(C(=O)N[C@H]2Cc3ccccc3[C@H](C(=O)OC)C2)cs1)C(C)C. The molecule has 1 fully saturated rings. The Balaban J connectivity index is 1.19. The summed E-state index contributed by atoms with van der Waals surface area (Å²) in [5.74, 6) is -1.63. The standard InChI is InChI=1S/C43H57N5O7S/c1-7-28(4)38(46-40(50)36-19-13-14-22-48(36)43(53)55-25-29-15-9-8-10-16-29)41(51)47(5)35(27(2)3)20-21-37-45-34(26-56-37)39(49)44-31-23-30-17-11-12-18-32(30)33(24-31)42(52)54-6/h8-12,15-18,26-28,31,33,35-36,38H,7,13-14,19-25H2,1-6H3,(H,44,49)(H,46,50)/t28-,31-,33+,35+,36+,38-/m0/s1. The molecule has 0 spiro atoms. The van der Waals surface area contributed by atoms with Gasteiger partial charge in [-0.25, -0.2) is 9.78 Å². The maximum Gasteiger partial charge on any atom is 0.410 e. The van der Waals surface area contributed by atoms with Crippen LogP contribution in [0.25, 0.3) is 0 Å². The molecule has 56 heavy (non-hydrogen) atoms. The predicted octanol–water partition coefficient (Wildman–Crippen LogP) is 6.28. The molecule has 5 rings (SSSR count). The number of benzene rings is 2. The minimum atomic E-state index is -0.774. The highest BCUT2D eigenvalue weighted by Crippen LogP contribution is 2.33. The van der Waals surface area contributed by atoms with Crippen molar-refractivity contribution < 1.29 is 33.4 Å². The van der Waals surface area contributed by atoms with E-state index in [-0.39, 0.29) is 54.2 Å². The first-order valence-electron chi connectivity index (χ1n) is 19.9. The molecule has 0 radical (unpaired) electrons. The molecule has 1 aromatic heterocycles. The predicted molar refractivity (Wildman–Crippen MR) is 215 cm³/mol. The summed E-state index contributed by atoms with van der Waals surface area (Å²) in [4.78, 5) is 75.1. The Morgan fingerprint density at radius 1 is 1.02 bits per heavy atom. The Kier molecular flexibility index (Phi) is 15.0. The number of carbonyl (C=O) groups is 5. The third-order valence-electron chi connectivity index (χ3n) is 11.3. The first kappa shape index (κ1) is 42.4. The Morgan fingerprint density at radius 2 is 1.75 bits per heavy atom. The fraction of sp³-hybridized carbons (Fsp3) is 0.535. The van der Waals surface area contributed by atoms with Gasteiger partial charge in [-0.2, -0.15) is 0 Å². The number of carbonyl (C=O) groups excluding carboxylic acids is 5. The van der Waals surface area contributed by atoms with Crippen molar-refractivity contribution >= 4 is 41.1 Å². The van der Waals surface area contributed by atoms with E-state index in [2.05, 4.69) is 29.5 Å². The lowest BCUT2D eigenvalue weighted by atomic mass is 9.80. The van der Waals surface area contributed by atoms with Gasteiger partial charge in [0.2, 0.25) is 11.8 Å². The normalized spacial score (nSPS) is 19.6. The second kappa shape index (κ2) is 19.9. The molecule has 2 aliphatic rings. The molecule has 302 valence electrons. The fourth-order valence-electron chi connectivity index (χ4n) is 7.87. The molecule has 1 aliphatic heterocycles. The molecule has 3 aromatic rings. The smallest absolute Gasteiger partial charge is 0.410 e. The van der Waals surface area contributed by atoms with Crippen molar-refractivity contribution in [3.63, 3.8) is 0 Å². The molecule has 0 saturated carbocycles. The number of nitrogens with zero attached hydrogens (tertiary/aromatic N) is 3. The zero-order chi connectivity index (χ0) is 40.4. The van der Waals surface area contributed by atoms with Gasteiger partial charge in [0.15, 0.2) is 0 Å². The van der Waals surface area contributed by atoms with Gasteiger partial charge in [-0.3, -0.25) is 24.1 Å².